The number of benzene rings is 1. The van der Waals surface area contributed by atoms with E-state index in [0.29, 0.717) is 21.8 Å². The maximum atomic E-state index is 11.0. The van der Waals surface area contributed by atoms with Gasteiger partial charge in [0.25, 0.3) is 0 Å². The molecule has 0 fully saturated rings. The van der Waals surface area contributed by atoms with E-state index in [1.807, 2.05) is 0 Å². The van der Waals surface area contributed by atoms with E-state index >= 15 is 0 Å². The van der Waals surface area contributed by atoms with Crippen LogP contribution in [0.15, 0.2) is 22.6 Å². The lowest BCUT2D eigenvalue weighted by Crippen LogP contribution is -2.01. The number of carboxylic acid groups (broad SMARTS) is 1. The molecule has 5 heteroatoms. The Morgan fingerprint density at radius 1 is 1.50 bits per heavy atom. The topological polar surface area (TPSA) is 50.4 Å². The molecule has 0 radical (unpaired) electrons. The Kier molecular flexibility index (Phi) is 2.69. The van der Waals surface area contributed by atoms with Crippen LogP contribution in [0.1, 0.15) is 16.1 Å². The Hall–Kier alpha value is -1.39. The van der Waals surface area contributed by atoms with Crippen molar-refractivity contribution in [3.05, 3.63) is 39.1 Å². The predicted molar refractivity (Wildman–Crippen MR) is 63.8 cm³/mol. The van der Waals surface area contributed by atoms with E-state index in [-0.39, 0.29) is 10.1 Å². The summed E-state index contributed by atoms with van der Waals surface area (Å²) in [5.74, 6) is -0.791. The number of aryl methyl sites for hydroxylation is 1. The molecular weight excluding hydrogens is 248 g/mol. The van der Waals surface area contributed by atoms with Gasteiger partial charge < -0.3 is 9.52 Å². The van der Waals surface area contributed by atoms with Gasteiger partial charge in [-0.1, -0.05) is 23.8 Å². The number of rotatable bonds is 1. The number of carboxylic acids is 1. The third kappa shape index (κ3) is 1.70. The van der Waals surface area contributed by atoms with E-state index in [0.717, 1.165) is 0 Å². The molecule has 2 rings (SSSR count). The van der Waals surface area contributed by atoms with Crippen molar-refractivity contribution in [2.45, 2.75) is 6.92 Å². The van der Waals surface area contributed by atoms with Gasteiger partial charge in [0.2, 0.25) is 0 Å². The molecule has 0 aliphatic carbocycles. The molecule has 82 valence electrons. The number of fused-ring (bicyclic) bond motifs is 1. The Balaban J connectivity index is 2.96. The first kappa shape index (κ1) is 11.1. The molecule has 0 amide bonds. The first-order valence-electron chi connectivity index (χ1n) is 4.47. The Bertz CT molecular complexity index is 645. The summed E-state index contributed by atoms with van der Waals surface area (Å²) in [6.07, 6.45) is 0. The minimum atomic E-state index is -1.09. The second-order valence-corrected chi connectivity index (χ2v) is 4.15. The lowest BCUT2D eigenvalue weighted by molar-refractivity contribution is 0.0693. The maximum Gasteiger partial charge on any atom is 0.340 e. The summed E-state index contributed by atoms with van der Waals surface area (Å²) in [7, 11) is 0. The highest BCUT2D eigenvalue weighted by atomic mass is 35.5. The molecule has 0 saturated carbocycles. The highest BCUT2D eigenvalue weighted by Gasteiger charge is 2.14. The van der Waals surface area contributed by atoms with Gasteiger partial charge in [0.15, 0.2) is 0 Å². The Morgan fingerprint density at radius 3 is 2.81 bits per heavy atom. The fraction of sp³-hybridized carbons (Fsp3) is 0.0909. The third-order valence-corrected chi connectivity index (χ3v) is 2.90. The highest BCUT2D eigenvalue weighted by Crippen LogP contribution is 2.25. The molecule has 0 saturated heterocycles. The summed E-state index contributed by atoms with van der Waals surface area (Å²) in [4.78, 5) is 11.0. The first-order valence-corrected chi connectivity index (χ1v) is 5.25. The fourth-order valence-corrected chi connectivity index (χ4v) is 2.09. The van der Waals surface area contributed by atoms with Crippen molar-refractivity contribution in [3.8, 4) is 0 Å². The monoisotopic (exact) mass is 254 g/mol. The molecule has 0 aliphatic rings. The van der Waals surface area contributed by atoms with Crippen LogP contribution < -0.4 is 0 Å². The normalized spacial score (nSPS) is 10.6. The quantitative estimate of drug-likeness (QED) is 0.786. The average Bonchev–Trinajstić information content (AvgIpc) is 2.19. The van der Waals surface area contributed by atoms with Crippen LogP contribution in [0.2, 0.25) is 5.02 Å². The zero-order valence-corrected chi connectivity index (χ0v) is 9.85. The van der Waals surface area contributed by atoms with Crippen molar-refractivity contribution < 1.29 is 14.3 Å². The van der Waals surface area contributed by atoms with Crippen molar-refractivity contribution in [1.82, 2.24) is 0 Å². The van der Waals surface area contributed by atoms with Gasteiger partial charge in [-0.15, -0.1) is 0 Å². The largest absolute Gasteiger partial charge is 0.478 e. The number of hydrogen-bond acceptors (Lipinski definition) is 3. The van der Waals surface area contributed by atoms with Gasteiger partial charge in [-0.3, -0.25) is 0 Å². The van der Waals surface area contributed by atoms with Crippen LogP contribution >= 0.6 is 23.8 Å². The van der Waals surface area contributed by atoms with Gasteiger partial charge in [0, 0.05) is 10.4 Å². The Morgan fingerprint density at radius 2 is 2.19 bits per heavy atom. The van der Waals surface area contributed by atoms with E-state index in [9.17, 15) is 4.79 Å². The van der Waals surface area contributed by atoms with Gasteiger partial charge in [0.05, 0.1) is 4.51 Å². The van der Waals surface area contributed by atoms with Gasteiger partial charge in [0.1, 0.15) is 16.9 Å². The molecule has 2 aromatic rings. The van der Waals surface area contributed by atoms with Crippen LogP contribution in [0.4, 0.5) is 0 Å². The standard InChI is InChI=1S/C11H7ClO3S/c1-5-9(11(13)14)10(16)7-4-6(12)2-3-8(7)15-5/h2-4H,1H3,(H,13,14). The molecule has 1 heterocycles. The summed E-state index contributed by atoms with van der Waals surface area (Å²) in [5.41, 5.74) is 0.557. The summed E-state index contributed by atoms with van der Waals surface area (Å²) in [5, 5.41) is 10.1. The zero-order chi connectivity index (χ0) is 11.9. The van der Waals surface area contributed by atoms with Crippen molar-refractivity contribution in [1.29, 1.82) is 0 Å². The summed E-state index contributed by atoms with van der Waals surface area (Å²) in [6, 6.07) is 4.95. The SMILES string of the molecule is Cc1oc2ccc(Cl)cc2c(=S)c1C(=O)O. The first-order chi connectivity index (χ1) is 7.50. The Labute approximate surface area is 101 Å². The molecular formula is C11H7ClO3S. The number of aromatic carboxylic acids is 1. The van der Waals surface area contributed by atoms with Crippen molar-refractivity contribution in [3.63, 3.8) is 0 Å². The van der Waals surface area contributed by atoms with Gasteiger partial charge >= 0.3 is 5.97 Å². The van der Waals surface area contributed by atoms with Gasteiger partial charge in [-0.2, -0.15) is 0 Å². The number of carbonyl (C=O) groups is 1. The van der Waals surface area contributed by atoms with E-state index in [2.05, 4.69) is 0 Å². The smallest absolute Gasteiger partial charge is 0.340 e. The van der Waals surface area contributed by atoms with E-state index < -0.39 is 5.97 Å². The molecule has 0 bridgehead atoms. The molecule has 1 N–H and O–H groups in total. The lowest BCUT2D eigenvalue weighted by atomic mass is 10.1. The second-order valence-electron chi connectivity index (χ2n) is 3.31. The maximum absolute atomic E-state index is 11.0. The van der Waals surface area contributed by atoms with Crippen LogP contribution in [0.5, 0.6) is 0 Å². The van der Waals surface area contributed by atoms with E-state index in [1.54, 1.807) is 25.1 Å². The van der Waals surface area contributed by atoms with Crippen LogP contribution in [0.3, 0.4) is 0 Å². The number of hydrogen-bond donors (Lipinski definition) is 1. The predicted octanol–water partition coefficient (Wildman–Crippen LogP) is 3.82. The van der Waals surface area contributed by atoms with E-state index in [4.69, 9.17) is 33.3 Å². The molecule has 16 heavy (non-hydrogen) atoms. The molecule has 0 atom stereocenters. The second kappa shape index (κ2) is 3.88. The summed E-state index contributed by atoms with van der Waals surface area (Å²) < 4.78 is 5.64. The molecule has 0 aliphatic heterocycles. The number of halogens is 1. The fourth-order valence-electron chi connectivity index (χ4n) is 1.53. The highest BCUT2D eigenvalue weighted by molar-refractivity contribution is 7.71. The average molecular weight is 255 g/mol. The van der Waals surface area contributed by atoms with Crippen LogP contribution in [0.25, 0.3) is 11.0 Å². The molecule has 0 unspecified atom stereocenters. The molecule has 0 spiro atoms. The third-order valence-electron chi connectivity index (χ3n) is 2.24. The molecule has 3 nitrogen and oxygen atoms in total. The van der Waals surface area contributed by atoms with Crippen LogP contribution in [0, 0.1) is 11.4 Å². The summed E-state index contributed by atoms with van der Waals surface area (Å²) >= 11 is 10.9. The minimum Gasteiger partial charge on any atom is -0.478 e. The van der Waals surface area contributed by atoms with Crippen molar-refractivity contribution in [2.24, 2.45) is 0 Å². The minimum absolute atomic E-state index is 0.0183. The summed E-state index contributed by atoms with van der Waals surface area (Å²) in [6.45, 7) is 1.58. The van der Waals surface area contributed by atoms with Gasteiger partial charge in [-0.05, 0) is 25.1 Å². The molecule has 1 aromatic carbocycles. The molecule has 1 aromatic heterocycles. The van der Waals surface area contributed by atoms with Gasteiger partial charge in [-0.25, -0.2) is 4.79 Å². The van der Waals surface area contributed by atoms with Crippen molar-refractivity contribution >= 4 is 40.8 Å². The van der Waals surface area contributed by atoms with Crippen molar-refractivity contribution in [2.75, 3.05) is 0 Å². The van der Waals surface area contributed by atoms with Crippen LogP contribution in [-0.4, -0.2) is 11.1 Å². The lowest BCUT2D eigenvalue weighted by Gasteiger charge is -2.04. The van der Waals surface area contributed by atoms with E-state index in [1.165, 1.54) is 0 Å². The zero-order valence-electron chi connectivity index (χ0n) is 8.28. The van der Waals surface area contributed by atoms with Crippen LogP contribution in [-0.2, 0) is 0 Å².